The fourth-order valence-corrected chi connectivity index (χ4v) is 3.04. The van der Waals surface area contributed by atoms with Crippen LogP contribution in [-0.2, 0) is 0 Å². The van der Waals surface area contributed by atoms with Crippen molar-refractivity contribution in [2.24, 2.45) is 0 Å². The van der Waals surface area contributed by atoms with E-state index in [2.05, 4.69) is 12.2 Å². The molecule has 0 saturated carbocycles. The third kappa shape index (κ3) is 4.72. The molecule has 23 heavy (non-hydrogen) atoms. The van der Waals surface area contributed by atoms with E-state index < -0.39 is 22.3 Å². The van der Waals surface area contributed by atoms with Crippen molar-refractivity contribution >= 4 is 11.6 Å². The highest BCUT2D eigenvalue weighted by molar-refractivity contribution is 5.94. The van der Waals surface area contributed by atoms with Gasteiger partial charge in [0.2, 0.25) is 5.82 Å². The van der Waals surface area contributed by atoms with Crippen molar-refractivity contribution in [3.05, 3.63) is 39.7 Å². The van der Waals surface area contributed by atoms with Gasteiger partial charge in [-0.2, -0.15) is 4.39 Å². The number of nitrogens with one attached hydrogen (secondary N) is 2. The van der Waals surface area contributed by atoms with Crippen molar-refractivity contribution < 1.29 is 19.0 Å². The Balaban J connectivity index is 1.81. The molecule has 1 fully saturated rings. The van der Waals surface area contributed by atoms with Crippen LogP contribution in [0, 0.1) is 15.9 Å². The van der Waals surface area contributed by atoms with Crippen LogP contribution in [0.5, 0.6) is 0 Å². The molecule has 2 atom stereocenters. The zero-order valence-electron chi connectivity index (χ0n) is 13.3. The summed E-state index contributed by atoms with van der Waals surface area (Å²) in [6, 6.07) is 3.85. The first-order valence-electron chi connectivity index (χ1n) is 8.05. The summed E-state index contributed by atoms with van der Waals surface area (Å²) >= 11 is 0. The standard InChI is InChI=1S/C16H22FN3O3/c1-12-5-2-3-9-19(12)10-4-8-18-16(21)13-6-7-14(17)15(11-13)20(22)23/h6-7,11-12H,2-5,8-10H2,1H3,(H,18,21)/p+1/t12-/m0/s1. The monoisotopic (exact) mass is 324 g/mol. The summed E-state index contributed by atoms with van der Waals surface area (Å²) in [7, 11) is 0. The zero-order valence-corrected chi connectivity index (χ0v) is 13.3. The zero-order chi connectivity index (χ0) is 16.8. The smallest absolute Gasteiger partial charge is 0.305 e. The number of nitrogens with zero attached hydrogens (tertiary/aromatic N) is 1. The first-order valence-corrected chi connectivity index (χ1v) is 8.05. The Morgan fingerprint density at radius 1 is 1.48 bits per heavy atom. The quantitative estimate of drug-likeness (QED) is 0.471. The second-order valence-electron chi connectivity index (χ2n) is 6.09. The number of rotatable bonds is 6. The molecule has 126 valence electrons. The predicted octanol–water partition coefficient (Wildman–Crippen LogP) is 1.31. The largest absolute Gasteiger partial charge is 0.352 e. The Morgan fingerprint density at radius 3 is 2.96 bits per heavy atom. The van der Waals surface area contributed by atoms with Gasteiger partial charge in [-0.25, -0.2) is 0 Å². The molecule has 0 radical (unpaired) electrons. The van der Waals surface area contributed by atoms with Crippen LogP contribution in [0.1, 0.15) is 43.0 Å². The molecule has 2 N–H and O–H groups in total. The van der Waals surface area contributed by atoms with E-state index in [4.69, 9.17) is 0 Å². The van der Waals surface area contributed by atoms with Crippen LogP contribution in [0.15, 0.2) is 18.2 Å². The summed E-state index contributed by atoms with van der Waals surface area (Å²) in [6.45, 7) is 4.95. The lowest BCUT2D eigenvalue weighted by atomic mass is 10.0. The van der Waals surface area contributed by atoms with Gasteiger partial charge in [0.15, 0.2) is 0 Å². The van der Waals surface area contributed by atoms with Crippen LogP contribution in [0.25, 0.3) is 0 Å². The van der Waals surface area contributed by atoms with Crippen LogP contribution in [-0.4, -0.2) is 36.5 Å². The van der Waals surface area contributed by atoms with Gasteiger partial charge in [-0.1, -0.05) is 0 Å². The van der Waals surface area contributed by atoms with Gasteiger partial charge in [-0.3, -0.25) is 14.9 Å². The van der Waals surface area contributed by atoms with E-state index in [-0.39, 0.29) is 5.56 Å². The Bertz CT molecular complexity index is 580. The molecule has 0 spiro atoms. The summed E-state index contributed by atoms with van der Waals surface area (Å²) in [5, 5.41) is 13.4. The topological polar surface area (TPSA) is 76.7 Å². The lowest BCUT2D eigenvalue weighted by Gasteiger charge is -2.30. The van der Waals surface area contributed by atoms with Crippen LogP contribution < -0.4 is 10.2 Å². The second-order valence-corrected chi connectivity index (χ2v) is 6.09. The van der Waals surface area contributed by atoms with Gasteiger partial charge in [0.25, 0.3) is 5.91 Å². The molecule has 1 unspecified atom stereocenters. The van der Waals surface area contributed by atoms with Crippen molar-refractivity contribution in [3.8, 4) is 0 Å². The third-order valence-electron chi connectivity index (χ3n) is 4.45. The van der Waals surface area contributed by atoms with E-state index in [1.54, 1.807) is 4.90 Å². The maximum absolute atomic E-state index is 13.3. The summed E-state index contributed by atoms with van der Waals surface area (Å²) in [5.74, 6) is -1.34. The lowest BCUT2D eigenvalue weighted by molar-refractivity contribution is -0.928. The molecule has 1 heterocycles. The Morgan fingerprint density at radius 2 is 2.26 bits per heavy atom. The number of halogens is 1. The number of nitro groups is 1. The van der Waals surface area contributed by atoms with Crippen molar-refractivity contribution in [2.45, 2.75) is 38.6 Å². The average molecular weight is 324 g/mol. The number of amides is 1. The van der Waals surface area contributed by atoms with Crippen molar-refractivity contribution in [3.63, 3.8) is 0 Å². The number of carbonyl (C=O) groups excluding carboxylic acids is 1. The number of likely N-dealkylation sites (tertiary alicyclic amines) is 1. The van der Waals surface area contributed by atoms with Crippen molar-refractivity contribution in [1.82, 2.24) is 5.32 Å². The summed E-state index contributed by atoms with van der Waals surface area (Å²) in [5.41, 5.74) is -0.568. The minimum absolute atomic E-state index is 0.108. The highest BCUT2D eigenvalue weighted by Crippen LogP contribution is 2.18. The Kier molecular flexibility index (Phi) is 6.04. The van der Waals surface area contributed by atoms with Gasteiger partial charge in [0.05, 0.1) is 24.1 Å². The minimum atomic E-state index is -0.936. The number of benzene rings is 1. The predicted molar refractivity (Wildman–Crippen MR) is 84.0 cm³/mol. The molecular weight excluding hydrogens is 301 g/mol. The first-order chi connectivity index (χ1) is 11.0. The second kappa shape index (κ2) is 8.01. The molecule has 0 aromatic heterocycles. The fraction of sp³-hybridized carbons (Fsp3) is 0.562. The molecule has 0 bridgehead atoms. The van der Waals surface area contributed by atoms with Crippen LogP contribution in [0.2, 0.25) is 0 Å². The highest BCUT2D eigenvalue weighted by atomic mass is 19.1. The van der Waals surface area contributed by atoms with Gasteiger partial charge in [0, 0.05) is 24.6 Å². The van der Waals surface area contributed by atoms with Gasteiger partial charge in [-0.05, 0) is 38.3 Å². The molecule has 1 aromatic rings. The third-order valence-corrected chi connectivity index (χ3v) is 4.45. The van der Waals surface area contributed by atoms with Crippen molar-refractivity contribution in [1.29, 1.82) is 0 Å². The van der Waals surface area contributed by atoms with Crippen LogP contribution in [0.3, 0.4) is 0 Å². The highest BCUT2D eigenvalue weighted by Gasteiger charge is 2.21. The summed E-state index contributed by atoms with van der Waals surface area (Å²) < 4.78 is 13.3. The Labute approximate surface area is 134 Å². The van der Waals surface area contributed by atoms with E-state index in [0.717, 1.165) is 25.1 Å². The molecule has 1 aliphatic heterocycles. The molecule has 1 amide bonds. The fourth-order valence-electron chi connectivity index (χ4n) is 3.04. The molecule has 6 nitrogen and oxygen atoms in total. The first kappa shape index (κ1) is 17.3. The summed E-state index contributed by atoms with van der Waals surface area (Å²) in [6.07, 6.45) is 4.66. The molecule has 7 heteroatoms. The van der Waals surface area contributed by atoms with Crippen LogP contribution >= 0.6 is 0 Å². The van der Waals surface area contributed by atoms with Gasteiger partial charge < -0.3 is 10.2 Å². The molecule has 0 aliphatic carbocycles. The molecular formula is C16H23FN3O3+. The number of hydrogen-bond donors (Lipinski definition) is 2. The molecule has 1 saturated heterocycles. The van der Waals surface area contributed by atoms with E-state index >= 15 is 0 Å². The molecule has 1 aromatic carbocycles. The number of quaternary nitrogens is 1. The van der Waals surface area contributed by atoms with E-state index in [0.29, 0.717) is 12.6 Å². The number of piperidine rings is 1. The molecule has 1 aliphatic rings. The number of hydrogen-bond acceptors (Lipinski definition) is 3. The normalized spacial score (nSPS) is 21.0. The minimum Gasteiger partial charge on any atom is -0.352 e. The maximum atomic E-state index is 13.3. The van der Waals surface area contributed by atoms with Gasteiger partial charge in [-0.15, -0.1) is 0 Å². The van der Waals surface area contributed by atoms with Crippen LogP contribution in [0.4, 0.5) is 10.1 Å². The van der Waals surface area contributed by atoms with E-state index in [1.807, 2.05) is 0 Å². The molecule has 2 rings (SSSR count). The number of carbonyl (C=O) groups is 1. The average Bonchev–Trinajstić information content (AvgIpc) is 2.53. The lowest BCUT2D eigenvalue weighted by Crippen LogP contribution is -3.16. The SMILES string of the molecule is C[C@H]1CCCC[NH+]1CCCNC(=O)c1ccc(F)c([N+](=O)[O-])c1. The van der Waals surface area contributed by atoms with E-state index in [9.17, 15) is 19.3 Å². The van der Waals surface area contributed by atoms with Gasteiger partial charge in [0.1, 0.15) is 0 Å². The Hall–Kier alpha value is -2.02. The van der Waals surface area contributed by atoms with Crippen molar-refractivity contribution in [2.75, 3.05) is 19.6 Å². The maximum Gasteiger partial charge on any atom is 0.305 e. The van der Waals surface area contributed by atoms with E-state index in [1.165, 1.54) is 31.9 Å². The summed E-state index contributed by atoms with van der Waals surface area (Å²) in [4.78, 5) is 23.4. The number of nitro benzene ring substituents is 1. The van der Waals surface area contributed by atoms with Gasteiger partial charge >= 0.3 is 5.69 Å².